The molecule has 0 aliphatic heterocycles. The first kappa shape index (κ1) is 11.5. The molecule has 15 heavy (non-hydrogen) atoms. The molecule has 4 heteroatoms. The van der Waals surface area contributed by atoms with Gasteiger partial charge in [0.2, 0.25) is 0 Å². The minimum atomic E-state index is 0.140. The van der Waals surface area contributed by atoms with Gasteiger partial charge in [-0.3, -0.25) is 4.99 Å². The summed E-state index contributed by atoms with van der Waals surface area (Å²) in [6.07, 6.45) is 0.635. The lowest BCUT2D eigenvalue weighted by Gasteiger charge is -2.05. The van der Waals surface area contributed by atoms with Gasteiger partial charge in [0.15, 0.2) is 5.96 Å². The molecule has 0 aromatic heterocycles. The van der Waals surface area contributed by atoms with Crippen molar-refractivity contribution in [1.82, 2.24) is 0 Å². The predicted octanol–water partition coefficient (Wildman–Crippen LogP) is 1.10. The highest BCUT2D eigenvalue weighted by Crippen LogP contribution is 2.07. The van der Waals surface area contributed by atoms with Gasteiger partial charge >= 0.3 is 0 Å². The maximum Gasteiger partial charge on any atom is 0.193 e. The lowest BCUT2D eigenvalue weighted by atomic mass is 10.2. The number of hydrogen-bond acceptors (Lipinski definition) is 2. The first-order valence-electron chi connectivity index (χ1n) is 4.97. The van der Waals surface area contributed by atoms with E-state index in [2.05, 4.69) is 10.3 Å². The van der Waals surface area contributed by atoms with E-state index in [1.165, 1.54) is 5.56 Å². The second-order valence-electron chi connectivity index (χ2n) is 3.34. The number of rotatable bonds is 4. The SMILES string of the molecule is Cc1ccc(NC(N)=NCCCO)cc1. The van der Waals surface area contributed by atoms with Crippen molar-refractivity contribution in [2.24, 2.45) is 10.7 Å². The van der Waals surface area contributed by atoms with Gasteiger partial charge in [0, 0.05) is 18.8 Å². The van der Waals surface area contributed by atoms with Crippen LogP contribution in [0.4, 0.5) is 5.69 Å². The third-order valence-electron chi connectivity index (χ3n) is 1.92. The average molecular weight is 207 g/mol. The van der Waals surface area contributed by atoms with Gasteiger partial charge in [0.1, 0.15) is 0 Å². The number of aliphatic hydroxyl groups is 1. The molecule has 0 amide bonds. The van der Waals surface area contributed by atoms with Crippen LogP contribution < -0.4 is 11.1 Å². The smallest absolute Gasteiger partial charge is 0.193 e. The Kier molecular flexibility index (Phi) is 4.63. The largest absolute Gasteiger partial charge is 0.396 e. The Morgan fingerprint density at radius 2 is 2.07 bits per heavy atom. The van der Waals surface area contributed by atoms with E-state index in [4.69, 9.17) is 10.8 Å². The van der Waals surface area contributed by atoms with Crippen molar-refractivity contribution in [3.8, 4) is 0 Å². The second-order valence-corrected chi connectivity index (χ2v) is 3.34. The zero-order valence-corrected chi connectivity index (χ0v) is 8.90. The molecule has 0 aliphatic rings. The number of benzene rings is 1. The minimum Gasteiger partial charge on any atom is -0.396 e. The van der Waals surface area contributed by atoms with Crippen molar-refractivity contribution in [2.75, 3.05) is 18.5 Å². The van der Waals surface area contributed by atoms with Crippen LogP contribution in [0, 0.1) is 6.92 Å². The first-order valence-corrected chi connectivity index (χ1v) is 4.97. The Bertz CT molecular complexity index is 319. The Balaban J connectivity index is 2.47. The molecule has 0 spiro atoms. The number of aryl methyl sites for hydroxylation is 1. The van der Waals surface area contributed by atoms with Crippen LogP contribution in [-0.2, 0) is 0 Å². The maximum atomic E-state index is 8.57. The highest BCUT2D eigenvalue weighted by molar-refractivity contribution is 5.92. The Hall–Kier alpha value is -1.55. The molecule has 1 aromatic rings. The summed E-state index contributed by atoms with van der Waals surface area (Å²) in [7, 11) is 0. The van der Waals surface area contributed by atoms with Gasteiger partial charge in [0.25, 0.3) is 0 Å². The number of aliphatic imine (C=N–C) groups is 1. The molecule has 4 N–H and O–H groups in total. The molecule has 0 aliphatic carbocycles. The van der Waals surface area contributed by atoms with Crippen LogP contribution >= 0.6 is 0 Å². The minimum absolute atomic E-state index is 0.140. The summed E-state index contributed by atoms with van der Waals surface area (Å²) >= 11 is 0. The zero-order valence-electron chi connectivity index (χ0n) is 8.90. The number of hydrogen-bond donors (Lipinski definition) is 3. The molecule has 82 valence electrons. The van der Waals surface area contributed by atoms with Crippen molar-refractivity contribution in [2.45, 2.75) is 13.3 Å². The first-order chi connectivity index (χ1) is 7.22. The summed E-state index contributed by atoms with van der Waals surface area (Å²) in [5.41, 5.74) is 7.77. The summed E-state index contributed by atoms with van der Waals surface area (Å²) in [5.74, 6) is 0.382. The maximum absolute atomic E-state index is 8.57. The Labute approximate surface area is 89.8 Å². The molecular weight excluding hydrogens is 190 g/mol. The standard InChI is InChI=1S/C11H17N3O/c1-9-3-5-10(6-4-9)14-11(12)13-7-2-8-15/h3-6,15H,2,7-8H2,1H3,(H3,12,13,14). The van der Waals surface area contributed by atoms with E-state index in [0.717, 1.165) is 5.69 Å². The molecule has 0 fully saturated rings. The van der Waals surface area contributed by atoms with Crippen LogP contribution in [-0.4, -0.2) is 24.2 Å². The number of nitrogens with one attached hydrogen (secondary N) is 1. The van der Waals surface area contributed by atoms with Crippen molar-refractivity contribution in [3.05, 3.63) is 29.8 Å². The molecule has 0 radical (unpaired) electrons. The molecule has 1 rings (SSSR count). The summed E-state index contributed by atoms with van der Waals surface area (Å²) in [6, 6.07) is 7.90. The van der Waals surface area contributed by atoms with Crippen LogP contribution in [0.2, 0.25) is 0 Å². The summed E-state index contributed by atoms with van der Waals surface area (Å²) < 4.78 is 0. The van der Waals surface area contributed by atoms with E-state index in [9.17, 15) is 0 Å². The lowest BCUT2D eigenvalue weighted by Crippen LogP contribution is -2.22. The quantitative estimate of drug-likeness (QED) is 0.393. The summed E-state index contributed by atoms with van der Waals surface area (Å²) in [4.78, 5) is 4.05. The molecular formula is C11H17N3O. The van der Waals surface area contributed by atoms with E-state index < -0.39 is 0 Å². The van der Waals surface area contributed by atoms with Crippen molar-refractivity contribution in [3.63, 3.8) is 0 Å². The van der Waals surface area contributed by atoms with Crippen LogP contribution in [0.15, 0.2) is 29.3 Å². The van der Waals surface area contributed by atoms with E-state index in [1.807, 2.05) is 31.2 Å². The van der Waals surface area contributed by atoms with Crippen molar-refractivity contribution in [1.29, 1.82) is 0 Å². The van der Waals surface area contributed by atoms with Gasteiger partial charge in [-0.25, -0.2) is 0 Å². The number of anilines is 1. The molecule has 0 atom stereocenters. The molecule has 0 unspecified atom stereocenters. The highest BCUT2D eigenvalue weighted by Gasteiger charge is 1.93. The third kappa shape index (κ3) is 4.46. The lowest BCUT2D eigenvalue weighted by molar-refractivity contribution is 0.291. The van der Waals surface area contributed by atoms with E-state index in [1.54, 1.807) is 0 Å². The predicted molar refractivity (Wildman–Crippen MR) is 63.0 cm³/mol. The fraction of sp³-hybridized carbons (Fsp3) is 0.364. The molecule has 0 bridgehead atoms. The summed E-state index contributed by atoms with van der Waals surface area (Å²) in [6.45, 7) is 2.71. The van der Waals surface area contributed by atoms with Gasteiger partial charge in [-0.15, -0.1) is 0 Å². The van der Waals surface area contributed by atoms with Crippen LogP contribution in [0.5, 0.6) is 0 Å². The van der Waals surface area contributed by atoms with Gasteiger partial charge in [-0.2, -0.15) is 0 Å². The molecule has 0 heterocycles. The number of aliphatic hydroxyl groups excluding tert-OH is 1. The highest BCUT2D eigenvalue weighted by atomic mass is 16.3. The fourth-order valence-electron chi connectivity index (χ4n) is 1.09. The van der Waals surface area contributed by atoms with Crippen LogP contribution in [0.25, 0.3) is 0 Å². The normalized spacial score (nSPS) is 11.5. The Morgan fingerprint density at radius 3 is 2.67 bits per heavy atom. The van der Waals surface area contributed by atoms with Gasteiger partial charge < -0.3 is 16.2 Å². The van der Waals surface area contributed by atoms with E-state index in [-0.39, 0.29) is 6.61 Å². The monoisotopic (exact) mass is 207 g/mol. The zero-order chi connectivity index (χ0) is 11.1. The molecule has 4 nitrogen and oxygen atoms in total. The topological polar surface area (TPSA) is 70.6 Å². The van der Waals surface area contributed by atoms with E-state index in [0.29, 0.717) is 18.9 Å². The van der Waals surface area contributed by atoms with Gasteiger partial charge in [0.05, 0.1) is 0 Å². The van der Waals surface area contributed by atoms with Crippen LogP contribution in [0.3, 0.4) is 0 Å². The average Bonchev–Trinajstić information content (AvgIpc) is 2.22. The molecule has 1 aromatic carbocycles. The van der Waals surface area contributed by atoms with Crippen molar-refractivity contribution >= 4 is 11.6 Å². The number of nitrogens with zero attached hydrogens (tertiary/aromatic N) is 1. The Morgan fingerprint density at radius 1 is 1.40 bits per heavy atom. The number of nitrogens with two attached hydrogens (primary N) is 1. The second kappa shape index (κ2) is 6.03. The molecule has 0 saturated carbocycles. The van der Waals surface area contributed by atoms with Gasteiger partial charge in [-0.1, -0.05) is 17.7 Å². The van der Waals surface area contributed by atoms with E-state index >= 15 is 0 Å². The summed E-state index contributed by atoms with van der Waals surface area (Å²) in [5, 5.41) is 11.5. The third-order valence-corrected chi connectivity index (χ3v) is 1.92. The van der Waals surface area contributed by atoms with Crippen LogP contribution in [0.1, 0.15) is 12.0 Å². The molecule has 0 saturated heterocycles. The van der Waals surface area contributed by atoms with Crippen molar-refractivity contribution < 1.29 is 5.11 Å². The van der Waals surface area contributed by atoms with Gasteiger partial charge in [-0.05, 0) is 25.5 Å². The fourth-order valence-corrected chi connectivity index (χ4v) is 1.09. The number of guanidine groups is 1.